The maximum Gasteiger partial charge on any atom is 0.312 e. The van der Waals surface area contributed by atoms with E-state index in [9.17, 15) is 9.59 Å². The highest BCUT2D eigenvalue weighted by molar-refractivity contribution is 6.34. The van der Waals surface area contributed by atoms with Crippen LogP contribution in [0.25, 0.3) is 0 Å². The number of rotatable bonds is 7. The van der Waals surface area contributed by atoms with Gasteiger partial charge in [0.25, 0.3) is 0 Å². The zero-order chi connectivity index (χ0) is 18.1. The van der Waals surface area contributed by atoms with Crippen molar-refractivity contribution < 1.29 is 9.59 Å². The smallest absolute Gasteiger partial charge is 0.312 e. The number of piperazine rings is 1. The van der Waals surface area contributed by atoms with Crippen LogP contribution in [0.15, 0.2) is 18.5 Å². The van der Waals surface area contributed by atoms with Crippen molar-refractivity contribution in [1.82, 2.24) is 19.8 Å². The number of carbonyl (C=O) groups is 2. The molecule has 0 aromatic carbocycles. The molecule has 0 saturated carbocycles. The molecule has 1 aromatic heterocycles. The summed E-state index contributed by atoms with van der Waals surface area (Å²) in [6.45, 7) is 7.86. The molecule has 7 nitrogen and oxygen atoms in total. The number of anilines is 1. The standard InChI is InChI=1S/C18H29N5O2/c1-3-5-10-21(11-6-4-2)16(24)17(25)22-12-14-23(15-13-22)18-19-8-7-9-20-18/h7-9H,3-6,10-15H2,1-2H3. The summed E-state index contributed by atoms with van der Waals surface area (Å²) in [5.74, 6) is -0.0550. The Hall–Kier alpha value is -2.18. The van der Waals surface area contributed by atoms with Crippen LogP contribution in [0.4, 0.5) is 5.95 Å². The van der Waals surface area contributed by atoms with Crippen LogP contribution in [-0.4, -0.2) is 70.9 Å². The third-order valence-electron chi connectivity index (χ3n) is 4.44. The second-order valence-electron chi connectivity index (χ2n) is 6.33. The van der Waals surface area contributed by atoms with Crippen LogP contribution in [0, 0.1) is 0 Å². The van der Waals surface area contributed by atoms with Gasteiger partial charge in [-0.25, -0.2) is 9.97 Å². The first-order chi connectivity index (χ1) is 12.2. The van der Waals surface area contributed by atoms with E-state index in [1.807, 2.05) is 4.90 Å². The topological polar surface area (TPSA) is 69.6 Å². The van der Waals surface area contributed by atoms with Crippen molar-refractivity contribution in [3.8, 4) is 0 Å². The van der Waals surface area contributed by atoms with Gasteiger partial charge in [-0.05, 0) is 18.9 Å². The zero-order valence-corrected chi connectivity index (χ0v) is 15.4. The summed E-state index contributed by atoms with van der Waals surface area (Å²) in [6, 6.07) is 1.78. The van der Waals surface area contributed by atoms with Crippen molar-refractivity contribution in [2.45, 2.75) is 39.5 Å². The van der Waals surface area contributed by atoms with Gasteiger partial charge < -0.3 is 14.7 Å². The molecule has 0 bridgehead atoms. The van der Waals surface area contributed by atoms with Crippen LogP contribution < -0.4 is 4.90 Å². The molecule has 2 amide bonds. The molecular formula is C18H29N5O2. The molecule has 0 spiro atoms. The minimum Gasteiger partial charge on any atom is -0.337 e. The molecule has 1 aliphatic heterocycles. The van der Waals surface area contributed by atoms with Gasteiger partial charge in [-0.15, -0.1) is 0 Å². The third-order valence-corrected chi connectivity index (χ3v) is 4.44. The Kier molecular flexibility index (Phi) is 7.63. The molecule has 2 heterocycles. The fraction of sp³-hybridized carbons (Fsp3) is 0.667. The molecule has 0 atom stereocenters. The zero-order valence-electron chi connectivity index (χ0n) is 15.4. The Balaban J connectivity index is 1.90. The van der Waals surface area contributed by atoms with E-state index in [-0.39, 0.29) is 11.8 Å². The fourth-order valence-electron chi connectivity index (χ4n) is 2.85. The van der Waals surface area contributed by atoms with Gasteiger partial charge in [0.05, 0.1) is 0 Å². The molecular weight excluding hydrogens is 318 g/mol. The van der Waals surface area contributed by atoms with Gasteiger partial charge >= 0.3 is 11.8 Å². The van der Waals surface area contributed by atoms with Crippen LogP contribution in [0.5, 0.6) is 0 Å². The van der Waals surface area contributed by atoms with Crippen LogP contribution >= 0.6 is 0 Å². The number of hydrogen-bond acceptors (Lipinski definition) is 5. The number of carbonyl (C=O) groups excluding carboxylic acids is 2. The highest BCUT2D eigenvalue weighted by atomic mass is 16.2. The maximum absolute atomic E-state index is 12.6. The first-order valence-electron chi connectivity index (χ1n) is 9.27. The van der Waals surface area contributed by atoms with Gasteiger partial charge in [0.15, 0.2) is 0 Å². The molecule has 0 unspecified atom stereocenters. The van der Waals surface area contributed by atoms with Gasteiger partial charge in [0.2, 0.25) is 5.95 Å². The van der Waals surface area contributed by atoms with E-state index in [0.29, 0.717) is 45.2 Å². The van der Waals surface area contributed by atoms with Gasteiger partial charge in [0.1, 0.15) is 0 Å². The van der Waals surface area contributed by atoms with Crippen molar-refractivity contribution in [2.75, 3.05) is 44.2 Å². The Morgan fingerprint density at radius 3 is 2.08 bits per heavy atom. The first kappa shape index (κ1) is 19.1. The number of unbranched alkanes of at least 4 members (excludes halogenated alkanes) is 2. The predicted octanol–water partition coefficient (Wildman–Crippen LogP) is 1.55. The van der Waals surface area contributed by atoms with Gasteiger partial charge in [-0.2, -0.15) is 0 Å². The predicted molar refractivity (Wildman–Crippen MR) is 97.2 cm³/mol. The summed E-state index contributed by atoms with van der Waals surface area (Å²) in [7, 11) is 0. The van der Waals surface area contributed by atoms with E-state index in [4.69, 9.17) is 0 Å². The first-order valence-corrected chi connectivity index (χ1v) is 9.27. The van der Waals surface area contributed by atoms with E-state index >= 15 is 0 Å². The maximum atomic E-state index is 12.6. The molecule has 0 N–H and O–H groups in total. The molecule has 1 fully saturated rings. The Morgan fingerprint density at radius 2 is 1.56 bits per heavy atom. The van der Waals surface area contributed by atoms with Gasteiger partial charge in [-0.3, -0.25) is 9.59 Å². The lowest BCUT2D eigenvalue weighted by Gasteiger charge is -2.35. The molecule has 0 radical (unpaired) electrons. The molecule has 1 aliphatic rings. The lowest BCUT2D eigenvalue weighted by Crippen LogP contribution is -2.53. The molecule has 1 aromatic rings. The van der Waals surface area contributed by atoms with Crippen molar-refractivity contribution in [2.24, 2.45) is 0 Å². The molecule has 1 saturated heterocycles. The number of amides is 2. The van der Waals surface area contributed by atoms with E-state index in [1.165, 1.54) is 0 Å². The molecule has 0 aliphatic carbocycles. The van der Waals surface area contributed by atoms with E-state index < -0.39 is 0 Å². The largest absolute Gasteiger partial charge is 0.337 e. The van der Waals surface area contributed by atoms with Crippen LogP contribution in [0.2, 0.25) is 0 Å². The highest BCUT2D eigenvalue weighted by Gasteiger charge is 2.29. The van der Waals surface area contributed by atoms with Gasteiger partial charge in [0, 0.05) is 51.7 Å². The van der Waals surface area contributed by atoms with Crippen LogP contribution in [0.3, 0.4) is 0 Å². The normalized spacial score (nSPS) is 14.5. The van der Waals surface area contributed by atoms with Crippen LogP contribution in [0.1, 0.15) is 39.5 Å². The molecule has 7 heteroatoms. The van der Waals surface area contributed by atoms with E-state index in [0.717, 1.165) is 25.7 Å². The minimum atomic E-state index is -0.374. The van der Waals surface area contributed by atoms with E-state index in [2.05, 4.69) is 23.8 Å². The SMILES string of the molecule is CCCCN(CCCC)C(=O)C(=O)N1CCN(c2ncccn2)CC1. The van der Waals surface area contributed by atoms with Crippen molar-refractivity contribution in [3.05, 3.63) is 18.5 Å². The second kappa shape index (κ2) is 9.96. The quantitative estimate of drug-likeness (QED) is 0.700. The summed E-state index contributed by atoms with van der Waals surface area (Å²) < 4.78 is 0. The number of aromatic nitrogens is 2. The number of nitrogens with zero attached hydrogens (tertiary/aromatic N) is 5. The monoisotopic (exact) mass is 347 g/mol. The summed E-state index contributed by atoms with van der Waals surface area (Å²) in [6.07, 6.45) is 7.31. The van der Waals surface area contributed by atoms with Crippen molar-refractivity contribution in [1.29, 1.82) is 0 Å². The van der Waals surface area contributed by atoms with Crippen molar-refractivity contribution >= 4 is 17.8 Å². The highest BCUT2D eigenvalue weighted by Crippen LogP contribution is 2.11. The lowest BCUT2D eigenvalue weighted by molar-refractivity contribution is -0.152. The summed E-state index contributed by atoms with van der Waals surface area (Å²) in [4.78, 5) is 39.1. The van der Waals surface area contributed by atoms with Gasteiger partial charge in [-0.1, -0.05) is 26.7 Å². The lowest BCUT2D eigenvalue weighted by atomic mass is 10.2. The second-order valence-corrected chi connectivity index (χ2v) is 6.33. The Morgan fingerprint density at radius 1 is 1.00 bits per heavy atom. The summed E-state index contributed by atoms with van der Waals surface area (Å²) in [5.41, 5.74) is 0. The number of hydrogen-bond donors (Lipinski definition) is 0. The van der Waals surface area contributed by atoms with Crippen molar-refractivity contribution in [3.63, 3.8) is 0 Å². The fourth-order valence-corrected chi connectivity index (χ4v) is 2.85. The van der Waals surface area contributed by atoms with E-state index in [1.54, 1.807) is 28.3 Å². The Bertz CT molecular complexity index is 536. The molecule has 138 valence electrons. The molecule has 25 heavy (non-hydrogen) atoms. The third kappa shape index (κ3) is 5.41. The minimum absolute atomic E-state index is 0.355. The average Bonchev–Trinajstić information content (AvgIpc) is 2.68. The average molecular weight is 347 g/mol. The van der Waals surface area contributed by atoms with Crippen LogP contribution in [-0.2, 0) is 9.59 Å². The summed E-state index contributed by atoms with van der Waals surface area (Å²) >= 11 is 0. The Labute approximate surface area is 150 Å². The summed E-state index contributed by atoms with van der Waals surface area (Å²) in [5, 5.41) is 0. The molecule has 2 rings (SSSR count).